The second kappa shape index (κ2) is 15.0. The van der Waals surface area contributed by atoms with E-state index in [0.717, 1.165) is 36.5 Å². The van der Waals surface area contributed by atoms with Gasteiger partial charge in [-0.3, -0.25) is 19.4 Å². The van der Waals surface area contributed by atoms with Gasteiger partial charge in [-0.15, -0.1) is 0 Å². The molecule has 0 unspecified atom stereocenters. The number of pyridine rings is 2. The number of anilines is 1. The molecule has 0 spiro atoms. The van der Waals surface area contributed by atoms with Crippen molar-refractivity contribution in [3.8, 4) is 28.4 Å². The van der Waals surface area contributed by atoms with Crippen LogP contribution in [0.15, 0.2) is 42.6 Å². The highest BCUT2D eigenvalue weighted by atomic mass is 35.5. The molecule has 2 saturated heterocycles. The number of fused-ring (bicyclic) bond motifs is 1. The van der Waals surface area contributed by atoms with Gasteiger partial charge in [-0.05, 0) is 43.6 Å². The van der Waals surface area contributed by atoms with Crippen LogP contribution in [-0.4, -0.2) is 81.5 Å². The van der Waals surface area contributed by atoms with Crippen molar-refractivity contribution in [2.75, 3.05) is 38.6 Å². The summed E-state index contributed by atoms with van der Waals surface area (Å²) in [6.45, 7) is 3.90. The molecule has 3 aromatic heterocycles. The maximum atomic E-state index is 13.6. The van der Waals surface area contributed by atoms with Gasteiger partial charge in [0.1, 0.15) is 0 Å². The number of carbonyl (C=O) groups excluding carboxylic acids is 3. The Morgan fingerprint density at radius 1 is 1.06 bits per heavy atom. The lowest BCUT2D eigenvalue weighted by molar-refractivity contribution is -0.133. The predicted molar refractivity (Wildman–Crippen MR) is 194 cm³/mol. The van der Waals surface area contributed by atoms with E-state index in [0.29, 0.717) is 90.5 Å². The zero-order chi connectivity index (χ0) is 35.6. The average Bonchev–Trinajstić information content (AvgIpc) is 3.69. The SMILES string of the molecule is COc1nc(-c2ccnc(-c3cccc(NC(=O)c4nc5c(n4C)CCN(C(=O)CC4CNC4)C5)c3Cl)c2Cl)ccc1CNC[C@H]1CCC(=O)N1. The fraction of sp³-hybridized carbons (Fsp3) is 0.389. The summed E-state index contributed by atoms with van der Waals surface area (Å²) in [4.78, 5) is 53.7. The number of nitrogens with zero attached hydrogens (tertiary/aromatic N) is 5. The van der Waals surface area contributed by atoms with Gasteiger partial charge in [0.2, 0.25) is 17.7 Å². The molecule has 3 aliphatic rings. The van der Waals surface area contributed by atoms with Crippen LogP contribution in [0.25, 0.3) is 22.5 Å². The monoisotopic (exact) mass is 731 g/mol. The molecule has 51 heavy (non-hydrogen) atoms. The van der Waals surface area contributed by atoms with Crippen molar-refractivity contribution in [3.05, 3.63) is 75.4 Å². The minimum atomic E-state index is -0.420. The first kappa shape index (κ1) is 34.9. The molecule has 0 aliphatic carbocycles. The molecule has 0 radical (unpaired) electrons. The Morgan fingerprint density at radius 3 is 2.65 bits per heavy atom. The Kier molecular flexibility index (Phi) is 10.2. The first-order valence-corrected chi connectivity index (χ1v) is 17.8. The lowest BCUT2D eigenvalue weighted by Crippen LogP contribution is -2.46. The van der Waals surface area contributed by atoms with Crippen LogP contribution < -0.4 is 26.0 Å². The quantitative estimate of drug-likeness (QED) is 0.179. The van der Waals surface area contributed by atoms with Crippen LogP contribution in [0.1, 0.15) is 46.8 Å². The summed E-state index contributed by atoms with van der Waals surface area (Å²) in [7, 11) is 3.38. The minimum absolute atomic E-state index is 0.0826. The molecule has 13 nitrogen and oxygen atoms in total. The molecule has 4 N–H and O–H groups in total. The number of carbonyl (C=O) groups is 3. The molecule has 1 aromatic carbocycles. The Morgan fingerprint density at radius 2 is 1.90 bits per heavy atom. The lowest BCUT2D eigenvalue weighted by Gasteiger charge is -2.31. The second-order valence-corrected chi connectivity index (χ2v) is 13.9. The van der Waals surface area contributed by atoms with E-state index in [-0.39, 0.29) is 28.7 Å². The van der Waals surface area contributed by atoms with Crippen molar-refractivity contribution in [2.45, 2.75) is 44.8 Å². The highest BCUT2D eigenvalue weighted by Gasteiger charge is 2.30. The van der Waals surface area contributed by atoms with Crippen LogP contribution >= 0.6 is 23.2 Å². The Labute approximate surface area is 305 Å². The number of aromatic nitrogens is 4. The van der Waals surface area contributed by atoms with Crippen LogP contribution in [0.3, 0.4) is 0 Å². The summed E-state index contributed by atoms with van der Waals surface area (Å²) < 4.78 is 7.40. The first-order valence-electron chi connectivity index (χ1n) is 17.0. The summed E-state index contributed by atoms with van der Waals surface area (Å²) in [5.74, 6) is 0.859. The number of hydrogen-bond acceptors (Lipinski definition) is 9. The van der Waals surface area contributed by atoms with Crippen molar-refractivity contribution in [2.24, 2.45) is 13.0 Å². The number of hydrogen-bond donors (Lipinski definition) is 4. The van der Waals surface area contributed by atoms with Crippen LogP contribution in [0.5, 0.6) is 5.88 Å². The summed E-state index contributed by atoms with van der Waals surface area (Å²) in [5.41, 5.74) is 5.09. The average molecular weight is 733 g/mol. The van der Waals surface area contributed by atoms with Crippen molar-refractivity contribution in [1.29, 1.82) is 0 Å². The molecule has 6 heterocycles. The number of benzene rings is 1. The van der Waals surface area contributed by atoms with Gasteiger partial charge in [-0.25, -0.2) is 9.97 Å². The van der Waals surface area contributed by atoms with E-state index in [2.05, 4.69) is 31.2 Å². The number of ether oxygens (including phenoxy) is 1. The van der Waals surface area contributed by atoms with Crippen molar-refractivity contribution in [3.63, 3.8) is 0 Å². The summed E-state index contributed by atoms with van der Waals surface area (Å²) >= 11 is 13.9. The molecule has 3 amide bonds. The topological polar surface area (TPSA) is 155 Å². The molecule has 1 atom stereocenters. The number of nitrogens with one attached hydrogen (secondary N) is 4. The first-order chi connectivity index (χ1) is 24.7. The zero-order valence-electron chi connectivity index (χ0n) is 28.4. The maximum Gasteiger partial charge on any atom is 0.291 e. The van der Waals surface area contributed by atoms with Gasteiger partial charge in [0, 0.05) is 80.6 Å². The molecular weight excluding hydrogens is 693 g/mol. The van der Waals surface area contributed by atoms with E-state index in [1.165, 1.54) is 0 Å². The van der Waals surface area contributed by atoms with Gasteiger partial charge in [0.15, 0.2) is 5.82 Å². The third kappa shape index (κ3) is 7.29. The number of amides is 3. The molecule has 15 heteroatoms. The standard InChI is InChI=1S/C36H39Cl2N9O4/c1-46-28-11-13-47(30(49)14-20-15-39-16-20)19-27(28)43-34(46)35(50)44-26-5-3-4-24(31(26)37)33-32(38)23(10-12-41-33)25-8-6-21(36(45-25)51-2)17-40-18-22-7-9-29(48)42-22/h3-6,8,10,12,20,22,39-40H,7,9,11,13-19H2,1-2H3,(H,42,48)(H,44,50)/t22-/m1/s1. The van der Waals surface area contributed by atoms with Gasteiger partial charge in [0.25, 0.3) is 5.91 Å². The van der Waals surface area contributed by atoms with Crippen LogP contribution in [-0.2, 0) is 36.1 Å². The number of imidazole rings is 1. The zero-order valence-corrected chi connectivity index (χ0v) is 29.9. The predicted octanol–water partition coefficient (Wildman–Crippen LogP) is 3.97. The van der Waals surface area contributed by atoms with E-state index in [1.807, 2.05) is 24.1 Å². The van der Waals surface area contributed by atoms with Crippen molar-refractivity contribution >= 4 is 46.6 Å². The molecule has 3 aliphatic heterocycles. The largest absolute Gasteiger partial charge is 0.481 e. The van der Waals surface area contributed by atoms with Crippen molar-refractivity contribution in [1.82, 2.24) is 40.4 Å². The molecule has 2 fully saturated rings. The Balaban J connectivity index is 1.06. The van der Waals surface area contributed by atoms with E-state index < -0.39 is 5.91 Å². The fourth-order valence-electron chi connectivity index (χ4n) is 6.77. The minimum Gasteiger partial charge on any atom is -0.481 e. The van der Waals surface area contributed by atoms with Gasteiger partial charge in [-0.2, -0.15) is 0 Å². The van der Waals surface area contributed by atoms with Gasteiger partial charge in [0.05, 0.1) is 46.5 Å². The van der Waals surface area contributed by atoms with Gasteiger partial charge < -0.3 is 35.5 Å². The molecule has 4 aromatic rings. The smallest absolute Gasteiger partial charge is 0.291 e. The highest BCUT2D eigenvalue weighted by Crippen LogP contribution is 2.40. The van der Waals surface area contributed by atoms with Crippen LogP contribution in [0, 0.1) is 5.92 Å². The summed E-state index contributed by atoms with van der Waals surface area (Å²) in [6, 6.07) is 11.0. The number of rotatable bonds is 11. The number of methoxy groups -OCH3 is 1. The van der Waals surface area contributed by atoms with E-state index in [4.69, 9.17) is 32.9 Å². The molecule has 0 bridgehead atoms. The lowest BCUT2D eigenvalue weighted by atomic mass is 9.98. The molecular formula is C36H39Cl2N9O4. The van der Waals surface area contributed by atoms with Gasteiger partial charge >= 0.3 is 0 Å². The maximum absolute atomic E-state index is 13.6. The molecule has 0 saturated carbocycles. The van der Waals surface area contributed by atoms with Crippen molar-refractivity contribution < 1.29 is 19.1 Å². The Bertz CT molecular complexity index is 2000. The van der Waals surface area contributed by atoms with E-state index >= 15 is 0 Å². The highest BCUT2D eigenvalue weighted by molar-refractivity contribution is 6.39. The summed E-state index contributed by atoms with van der Waals surface area (Å²) in [5, 5.41) is 13.1. The third-order valence-electron chi connectivity index (χ3n) is 9.73. The van der Waals surface area contributed by atoms with E-state index in [1.54, 1.807) is 42.1 Å². The molecule has 7 rings (SSSR count). The second-order valence-electron chi connectivity index (χ2n) is 13.1. The third-order valence-corrected chi connectivity index (χ3v) is 10.5. The van der Waals surface area contributed by atoms with E-state index in [9.17, 15) is 14.4 Å². The fourth-order valence-corrected chi connectivity index (χ4v) is 7.35. The molecule has 266 valence electrons. The van der Waals surface area contributed by atoms with Crippen LogP contribution in [0.4, 0.5) is 5.69 Å². The Hall–Kier alpha value is -4.56. The van der Waals surface area contributed by atoms with Crippen LogP contribution in [0.2, 0.25) is 10.0 Å². The normalized spacial score (nSPS) is 17.1. The summed E-state index contributed by atoms with van der Waals surface area (Å²) in [6.07, 6.45) is 4.15. The number of halogens is 2. The van der Waals surface area contributed by atoms with Gasteiger partial charge in [-0.1, -0.05) is 41.4 Å².